The second-order valence-corrected chi connectivity index (χ2v) is 5.77. The topological polar surface area (TPSA) is 69.4 Å². The fourth-order valence-corrected chi connectivity index (χ4v) is 2.97. The molecule has 0 aliphatic carbocycles. The van der Waals surface area contributed by atoms with Gasteiger partial charge in [-0.25, -0.2) is 0 Å². The Morgan fingerprint density at radius 2 is 1.54 bits per heavy atom. The van der Waals surface area contributed by atoms with E-state index in [1.807, 2.05) is 60.7 Å². The molecule has 0 aliphatic rings. The zero-order valence-electron chi connectivity index (χ0n) is 14.2. The molecule has 0 fully saturated rings. The second kappa shape index (κ2) is 7.61. The van der Waals surface area contributed by atoms with Gasteiger partial charge in [0.15, 0.2) is 0 Å². The Morgan fingerprint density at radius 1 is 0.923 bits per heavy atom. The van der Waals surface area contributed by atoms with E-state index in [1.54, 1.807) is 12.1 Å². The highest BCUT2D eigenvalue weighted by molar-refractivity contribution is 5.84. The maximum absolute atomic E-state index is 12.4. The van der Waals surface area contributed by atoms with E-state index >= 15 is 0 Å². The summed E-state index contributed by atoms with van der Waals surface area (Å²) in [7, 11) is 1.34. The Balaban J connectivity index is 2.18. The lowest BCUT2D eigenvalue weighted by Crippen LogP contribution is -2.16. The quantitative estimate of drug-likeness (QED) is 0.385. The van der Waals surface area contributed by atoms with Crippen molar-refractivity contribution in [3.8, 4) is 11.1 Å². The van der Waals surface area contributed by atoms with Crippen molar-refractivity contribution in [1.29, 1.82) is 0 Å². The summed E-state index contributed by atoms with van der Waals surface area (Å²) < 4.78 is 4.97. The van der Waals surface area contributed by atoms with Crippen LogP contribution >= 0.6 is 0 Å². The van der Waals surface area contributed by atoms with Crippen LogP contribution in [0.2, 0.25) is 0 Å². The number of hydrogen-bond acceptors (Lipinski definition) is 4. The first-order valence-electron chi connectivity index (χ1n) is 8.08. The molecule has 0 saturated carbocycles. The van der Waals surface area contributed by atoms with Gasteiger partial charge in [0.2, 0.25) is 0 Å². The zero-order chi connectivity index (χ0) is 18.5. The molecule has 3 aromatic carbocycles. The molecule has 0 spiro atoms. The minimum atomic E-state index is -0.649. The van der Waals surface area contributed by atoms with Crippen LogP contribution in [0.25, 0.3) is 11.1 Å². The van der Waals surface area contributed by atoms with E-state index in [0.717, 1.165) is 11.1 Å². The van der Waals surface area contributed by atoms with Gasteiger partial charge >= 0.3 is 5.97 Å². The van der Waals surface area contributed by atoms with Crippen molar-refractivity contribution in [2.45, 2.75) is 5.92 Å². The van der Waals surface area contributed by atoms with Crippen LogP contribution in [0.3, 0.4) is 0 Å². The average molecular weight is 347 g/mol. The number of carbonyl (C=O) groups is 1. The van der Waals surface area contributed by atoms with E-state index < -0.39 is 16.8 Å². The predicted octanol–water partition coefficient (Wildman–Crippen LogP) is 4.57. The second-order valence-electron chi connectivity index (χ2n) is 5.77. The van der Waals surface area contributed by atoms with Gasteiger partial charge in [0.25, 0.3) is 5.69 Å². The molecule has 0 N–H and O–H groups in total. The molecule has 3 aromatic rings. The molecular weight excluding hydrogens is 330 g/mol. The van der Waals surface area contributed by atoms with E-state index in [1.165, 1.54) is 13.2 Å². The highest BCUT2D eigenvalue weighted by atomic mass is 16.6. The number of benzene rings is 3. The van der Waals surface area contributed by atoms with Gasteiger partial charge in [0.1, 0.15) is 5.92 Å². The number of ether oxygens (including phenoxy) is 1. The van der Waals surface area contributed by atoms with Gasteiger partial charge in [-0.15, -0.1) is 0 Å². The van der Waals surface area contributed by atoms with Crippen molar-refractivity contribution in [3.63, 3.8) is 0 Å². The molecule has 1 atom stereocenters. The smallest absolute Gasteiger partial charge is 0.317 e. The molecule has 0 amide bonds. The van der Waals surface area contributed by atoms with Crippen molar-refractivity contribution < 1.29 is 14.5 Å². The molecule has 5 heteroatoms. The first kappa shape index (κ1) is 17.4. The summed E-state index contributed by atoms with van der Waals surface area (Å²) in [5.74, 6) is -1.06. The van der Waals surface area contributed by atoms with E-state index in [0.29, 0.717) is 11.1 Å². The standard InChI is InChI=1S/C21H17NO4/c1-26-21(23)20(16-10-6-3-7-11-16)17-12-13-19(22(24)25)18(14-17)15-8-4-2-5-9-15/h2-14,20H,1H3. The first-order chi connectivity index (χ1) is 12.6. The number of rotatable bonds is 5. The summed E-state index contributed by atoms with van der Waals surface area (Å²) >= 11 is 0. The molecule has 0 heterocycles. The van der Waals surface area contributed by atoms with Gasteiger partial charge in [0.05, 0.1) is 17.6 Å². The third kappa shape index (κ3) is 3.47. The van der Waals surface area contributed by atoms with Crippen LogP contribution in [0.1, 0.15) is 17.0 Å². The van der Waals surface area contributed by atoms with Crippen LogP contribution in [-0.4, -0.2) is 18.0 Å². The molecular formula is C21H17NO4. The van der Waals surface area contributed by atoms with Gasteiger partial charge in [0, 0.05) is 6.07 Å². The lowest BCUT2D eigenvalue weighted by Gasteiger charge is -2.17. The molecule has 130 valence electrons. The van der Waals surface area contributed by atoms with Gasteiger partial charge in [-0.1, -0.05) is 66.7 Å². The van der Waals surface area contributed by atoms with Gasteiger partial charge in [-0.3, -0.25) is 14.9 Å². The number of methoxy groups -OCH3 is 1. The summed E-state index contributed by atoms with van der Waals surface area (Å²) in [6, 6.07) is 23.1. The van der Waals surface area contributed by atoms with Crippen molar-refractivity contribution in [3.05, 3.63) is 100 Å². The van der Waals surface area contributed by atoms with Crippen LogP contribution in [0.15, 0.2) is 78.9 Å². The van der Waals surface area contributed by atoms with E-state index in [4.69, 9.17) is 4.74 Å². The first-order valence-corrected chi connectivity index (χ1v) is 8.08. The molecule has 0 bridgehead atoms. The monoisotopic (exact) mass is 347 g/mol. The van der Waals surface area contributed by atoms with Crippen molar-refractivity contribution in [1.82, 2.24) is 0 Å². The van der Waals surface area contributed by atoms with Crippen LogP contribution < -0.4 is 0 Å². The Morgan fingerprint density at radius 3 is 2.12 bits per heavy atom. The van der Waals surface area contributed by atoms with Crippen LogP contribution in [0.5, 0.6) is 0 Å². The molecule has 1 unspecified atom stereocenters. The predicted molar refractivity (Wildman–Crippen MR) is 98.8 cm³/mol. The van der Waals surface area contributed by atoms with Crippen LogP contribution in [0.4, 0.5) is 5.69 Å². The summed E-state index contributed by atoms with van der Waals surface area (Å²) in [5, 5.41) is 11.5. The average Bonchev–Trinajstić information content (AvgIpc) is 2.69. The molecule has 0 aliphatic heterocycles. The number of nitrogens with zero attached hydrogens (tertiary/aromatic N) is 1. The molecule has 26 heavy (non-hydrogen) atoms. The summed E-state index contributed by atoms with van der Waals surface area (Å²) in [5.41, 5.74) is 2.60. The van der Waals surface area contributed by atoms with E-state index in [2.05, 4.69) is 0 Å². The Hall–Kier alpha value is -3.47. The molecule has 5 nitrogen and oxygen atoms in total. The van der Waals surface area contributed by atoms with Crippen LogP contribution in [0, 0.1) is 10.1 Å². The lowest BCUT2D eigenvalue weighted by atomic mass is 9.89. The van der Waals surface area contributed by atoms with E-state index in [9.17, 15) is 14.9 Å². The van der Waals surface area contributed by atoms with Crippen LogP contribution in [-0.2, 0) is 9.53 Å². The molecule has 0 aromatic heterocycles. The fraction of sp³-hybridized carbons (Fsp3) is 0.0952. The Bertz CT molecular complexity index is 923. The highest BCUT2D eigenvalue weighted by Gasteiger charge is 2.26. The highest BCUT2D eigenvalue weighted by Crippen LogP contribution is 2.35. The minimum absolute atomic E-state index is 0.00312. The van der Waals surface area contributed by atoms with Gasteiger partial charge in [-0.05, 0) is 22.8 Å². The van der Waals surface area contributed by atoms with Crippen molar-refractivity contribution in [2.75, 3.05) is 7.11 Å². The molecule has 3 rings (SSSR count). The van der Waals surface area contributed by atoms with Crippen molar-refractivity contribution in [2.24, 2.45) is 0 Å². The molecule has 0 saturated heterocycles. The minimum Gasteiger partial charge on any atom is -0.468 e. The van der Waals surface area contributed by atoms with Gasteiger partial charge < -0.3 is 4.74 Å². The number of hydrogen-bond donors (Lipinski definition) is 0. The Kier molecular flexibility index (Phi) is 5.08. The van der Waals surface area contributed by atoms with Crippen molar-refractivity contribution >= 4 is 11.7 Å². The van der Waals surface area contributed by atoms with E-state index in [-0.39, 0.29) is 5.69 Å². The zero-order valence-corrected chi connectivity index (χ0v) is 14.2. The SMILES string of the molecule is COC(=O)C(c1ccccc1)c1ccc([N+](=O)[O-])c(-c2ccccc2)c1. The summed E-state index contributed by atoms with van der Waals surface area (Å²) in [6.45, 7) is 0. The largest absolute Gasteiger partial charge is 0.468 e. The lowest BCUT2D eigenvalue weighted by molar-refractivity contribution is -0.384. The maximum Gasteiger partial charge on any atom is 0.317 e. The third-order valence-corrected chi connectivity index (χ3v) is 4.21. The third-order valence-electron chi connectivity index (χ3n) is 4.21. The summed E-state index contributed by atoms with van der Waals surface area (Å²) in [6.07, 6.45) is 0. The van der Waals surface area contributed by atoms with Gasteiger partial charge in [-0.2, -0.15) is 0 Å². The number of esters is 1. The molecule has 0 radical (unpaired) electrons. The fourth-order valence-electron chi connectivity index (χ4n) is 2.97. The number of nitro benzene ring substituents is 1. The Labute approximate surface area is 151 Å². The maximum atomic E-state index is 12.4. The number of carbonyl (C=O) groups excluding carboxylic acids is 1. The number of nitro groups is 1. The summed E-state index contributed by atoms with van der Waals surface area (Å²) in [4.78, 5) is 23.5. The normalized spacial score (nSPS) is 11.6.